The minimum Gasteiger partial charge on any atom is -0.633 e. The molecule has 1 atom stereocenters. The highest BCUT2D eigenvalue weighted by Crippen LogP contribution is 2.40. The standard InChI is InChI=1S/C24H37FN7O2/c1-31(33)14-12-18(13-15-31)32(2,19-10-11-21(34-3)20(25)16-19)24-29-22(26)28-23(30-24)27-17-8-6-4-5-7-9-17/h10-11,16-18H,4-9,12-15H2,1-3H3,(H3,26,27,28,29,30)/q+1. The van der Waals surface area contributed by atoms with E-state index in [1.54, 1.807) is 13.1 Å². The minimum absolute atomic E-state index is 0.0134. The SMILES string of the molecule is COc1ccc([N+](C)(c2nc(N)nc(NC3CCCCCC3)n2)C2CC[N+](C)([O-])CC2)cc1F. The van der Waals surface area contributed by atoms with E-state index in [2.05, 4.69) is 15.3 Å². The van der Waals surface area contributed by atoms with Gasteiger partial charge in [-0.3, -0.25) is 0 Å². The monoisotopic (exact) mass is 474 g/mol. The number of anilines is 2. The van der Waals surface area contributed by atoms with Crippen molar-refractivity contribution < 1.29 is 13.8 Å². The van der Waals surface area contributed by atoms with Crippen LogP contribution in [0.15, 0.2) is 18.2 Å². The molecule has 1 saturated carbocycles. The van der Waals surface area contributed by atoms with E-state index in [4.69, 9.17) is 15.5 Å². The van der Waals surface area contributed by atoms with Gasteiger partial charge in [0.05, 0.1) is 47.1 Å². The molecule has 0 bridgehead atoms. The van der Waals surface area contributed by atoms with Gasteiger partial charge in [0.1, 0.15) is 11.7 Å². The van der Waals surface area contributed by atoms with Gasteiger partial charge in [0.2, 0.25) is 11.9 Å². The average molecular weight is 475 g/mol. The lowest BCUT2D eigenvalue weighted by molar-refractivity contribution is -0.866. The largest absolute Gasteiger partial charge is 0.633 e. The van der Waals surface area contributed by atoms with E-state index in [1.807, 2.05) is 13.1 Å². The maximum atomic E-state index is 14.8. The quantitative estimate of drug-likeness (QED) is 0.368. The van der Waals surface area contributed by atoms with Crippen molar-refractivity contribution in [3.05, 3.63) is 29.2 Å². The van der Waals surface area contributed by atoms with Crippen LogP contribution >= 0.6 is 0 Å². The number of halogens is 1. The molecule has 9 nitrogen and oxygen atoms in total. The Kier molecular flexibility index (Phi) is 7.20. The first-order valence-electron chi connectivity index (χ1n) is 12.3. The molecule has 2 heterocycles. The number of nitrogen functional groups attached to an aromatic ring is 1. The van der Waals surface area contributed by atoms with Crippen molar-refractivity contribution in [2.75, 3.05) is 45.3 Å². The Morgan fingerprint density at radius 1 is 1.09 bits per heavy atom. The summed E-state index contributed by atoms with van der Waals surface area (Å²) in [5, 5.41) is 16.0. The number of hydrogen-bond donors (Lipinski definition) is 2. The topological polar surface area (TPSA) is 109 Å². The Labute approximate surface area is 200 Å². The van der Waals surface area contributed by atoms with Gasteiger partial charge in [-0.2, -0.15) is 4.98 Å². The fourth-order valence-electron chi connectivity index (χ4n) is 5.31. The molecule has 1 aromatic carbocycles. The van der Waals surface area contributed by atoms with Gasteiger partial charge in [-0.25, -0.2) is 8.87 Å². The van der Waals surface area contributed by atoms with E-state index in [1.165, 1.54) is 38.9 Å². The number of aromatic nitrogens is 3. The van der Waals surface area contributed by atoms with Crippen molar-refractivity contribution in [2.24, 2.45) is 0 Å². The van der Waals surface area contributed by atoms with Crippen LogP contribution in [0.4, 0.5) is 27.9 Å². The number of nitrogens with two attached hydrogens (primary N) is 1. The molecule has 4 rings (SSSR count). The van der Waals surface area contributed by atoms with Crippen molar-refractivity contribution in [1.82, 2.24) is 19.4 Å². The molecule has 2 aliphatic rings. The number of rotatable bonds is 6. The molecular weight excluding hydrogens is 437 g/mol. The third kappa shape index (κ3) is 5.24. The molecule has 0 amide bonds. The number of quaternary nitrogens is 2. The molecule has 1 aliphatic carbocycles. The van der Waals surface area contributed by atoms with Crippen molar-refractivity contribution >= 4 is 23.5 Å². The van der Waals surface area contributed by atoms with Gasteiger partial charge in [-0.1, -0.05) is 25.7 Å². The average Bonchev–Trinajstić information content (AvgIpc) is 3.06. The summed E-state index contributed by atoms with van der Waals surface area (Å²) in [7, 11) is 5.11. The van der Waals surface area contributed by atoms with Crippen LogP contribution in [0.2, 0.25) is 0 Å². The maximum Gasteiger partial charge on any atom is 0.340 e. The number of hydroxylamine groups is 3. The second kappa shape index (κ2) is 9.97. The molecule has 1 aromatic heterocycles. The van der Waals surface area contributed by atoms with Gasteiger partial charge in [0, 0.05) is 18.2 Å². The Bertz CT molecular complexity index is 987. The van der Waals surface area contributed by atoms with E-state index in [9.17, 15) is 9.60 Å². The number of nitrogens with zero attached hydrogens (tertiary/aromatic N) is 5. The number of ether oxygens (including phenoxy) is 1. The summed E-state index contributed by atoms with van der Waals surface area (Å²) in [4.78, 5) is 13.7. The van der Waals surface area contributed by atoms with Crippen LogP contribution in [0.25, 0.3) is 0 Å². The molecule has 2 aromatic rings. The van der Waals surface area contributed by atoms with Crippen LogP contribution in [-0.2, 0) is 0 Å². The van der Waals surface area contributed by atoms with Crippen molar-refractivity contribution in [3.63, 3.8) is 0 Å². The summed E-state index contributed by atoms with van der Waals surface area (Å²) < 4.78 is 19.8. The Hall–Kier alpha value is -2.56. The molecule has 0 spiro atoms. The highest BCUT2D eigenvalue weighted by molar-refractivity contribution is 5.56. The van der Waals surface area contributed by atoms with Crippen LogP contribution in [0.1, 0.15) is 51.4 Å². The van der Waals surface area contributed by atoms with Gasteiger partial charge in [0.25, 0.3) is 0 Å². The first kappa shape index (κ1) is 24.6. The lowest BCUT2D eigenvalue weighted by atomic mass is 9.99. The van der Waals surface area contributed by atoms with Crippen LogP contribution in [0.3, 0.4) is 0 Å². The van der Waals surface area contributed by atoms with E-state index >= 15 is 0 Å². The fraction of sp³-hybridized carbons (Fsp3) is 0.625. The van der Waals surface area contributed by atoms with Crippen molar-refractivity contribution in [2.45, 2.75) is 63.5 Å². The second-order valence-electron chi connectivity index (χ2n) is 10.0. The zero-order valence-electron chi connectivity index (χ0n) is 20.5. The molecule has 0 radical (unpaired) electrons. The summed E-state index contributed by atoms with van der Waals surface area (Å²) in [6.45, 7) is 0.954. The van der Waals surface area contributed by atoms with Crippen LogP contribution in [-0.4, -0.2) is 66.0 Å². The normalized spacial score (nSPS) is 25.9. The first-order chi connectivity index (χ1) is 16.2. The van der Waals surface area contributed by atoms with Crippen LogP contribution < -0.4 is 20.3 Å². The fourth-order valence-corrected chi connectivity index (χ4v) is 5.31. The highest BCUT2D eigenvalue weighted by atomic mass is 19.1. The van der Waals surface area contributed by atoms with Gasteiger partial charge >= 0.3 is 5.95 Å². The molecule has 1 aliphatic heterocycles. The third-order valence-electron chi connectivity index (χ3n) is 7.52. The van der Waals surface area contributed by atoms with Gasteiger partial charge in [-0.15, -0.1) is 9.97 Å². The van der Waals surface area contributed by atoms with E-state index in [0.717, 1.165) is 12.8 Å². The summed E-state index contributed by atoms with van der Waals surface area (Å²) in [6, 6.07) is 5.20. The van der Waals surface area contributed by atoms with E-state index in [-0.39, 0.29) is 26.9 Å². The predicted molar refractivity (Wildman–Crippen MR) is 132 cm³/mol. The third-order valence-corrected chi connectivity index (χ3v) is 7.52. The highest BCUT2D eigenvalue weighted by Gasteiger charge is 2.44. The molecular formula is C24H37FN7O2+. The van der Waals surface area contributed by atoms with Gasteiger partial charge in [-0.05, 0) is 18.9 Å². The number of piperidine rings is 1. The molecule has 1 unspecified atom stereocenters. The van der Waals surface area contributed by atoms with Gasteiger partial charge in [0.15, 0.2) is 11.6 Å². The second-order valence-corrected chi connectivity index (χ2v) is 10.0. The molecule has 10 heteroatoms. The zero-order chi connectivity index (χ0) is 24.3. The lowest BCUT2D eigenvalue weighted by Crippen LogP contribution is -2.57. The summed E-state index contributed by atoms with van der Waals surface area (Å²) in [5.74, 6) is 0.741. The Morgan fingerprint density at radius 3 is 2.38 bits per heavy atom. The Balaban J connectivity index is 1.74. The maximum absolute atomic E-state index is 14.8. The minimum atomic E-state index is -0.455. The molecule has 2 fully saturated rings. The Morgan fingerprint density at radius 2 is 1.76 bits per heavy atom. The molecule has 1 saturated heterocycles. The number of nitrogens with one attached hydrogen (secondary N) is 1. The van der Waals surface area contributed by atoms with Crippen LogP contribution in [0.5, 0.6) is 5.75 Å². The van der Waals surface area contributed by atoms with Crippen molar-refractivity contribution in [3.8, 4) is 5.75 Å². The summed E-state index contributed by atoms with van der Waals surface area (Å²) in [5.41, 5.74) is 6.84. The number of likely N-dealkylation sites (tertiary alicyclic amines) is 1. The van der Waals surface area contributed by atoms with E-state index in [0.29, 0.717) is 49.6 Å². The smallest absolute Gasteiger partial charge is 0.340 e. The molecule has 186 valence electrons. The molecule has 3 N–H and O–H groups in total. The first-order valence-corrected chi connectivity index (χ1v) is 12.3. The summed E-state index contributed by atoms with van der Waals surface area (Å²) >= 11 is 0. The number of methoxy groups -OCH3 is 1. The number of benzene rings is 1. The lowest BCUT2D eigenvalue weighted by Gasteiger charge is -2.48. The predicted octanol–water partition coefficient (Wildman–Crippen LogP) is 4.11. The van der Waals surface area contributed by atoms with Crippen LogP contribution in [0, 0.1) is 11.0 Å². The summed E-state index contributed by atoms with van der Waals surface area (Å²) in [6.07, 6.45) is 8.30. The van der Waals surface area contributed by atoms with Gasteiger partial charge < -0.3 is 25.6 Å². The zero-order valence-corrected chi connectivity index (χ0v) is 20.5. The van der Waals surface area contributed by atoms with E-state index < -0.39 is 5.82 Å². The molecule has 34 heavy (non-hydrogen) atoms. The van der Waals surface area contributed by atoms with Crippen molar-refractivity contribution in [1.29, 1.82) is 0 Å². The number of hydrogen-bond acceptors (Lipinski definition) is 7.